The van der Waals surface area contributed by atoms with Gasteiger partial charge in [-0.15, -0.1) is 0 Å². The number of nitrogens with two attached hydrogens (primary N) is 1. The van der Waals surface area contributed by atoms with Gasteiger partial charge in [-0.1, -0.05) is 0 Å². The van der Waals surface area contributed by atoms with Gasteiger partial charge in [-0.25, -0.2) is 4.39 Å². The molecule has 0 saturated carbocycles. The standard InChI is InChI=1S/C6H11BFN2O/c8-5-3-10(7-4-11)2-1-6(5)9/h4-6H,1-3,9H2/t5-,6+/m1/s1. The Morgan fingerprint density at radius 1 is 1.73 bits per heavy atom. The molecule has 1 fully saturated rings. The maximum absolute atomic E-state index is 12.8. The van der Waals surface area contributed by atoms with Crippen molar-refractivity contribution in [2.75, 3.05) is 13.1 Å². The molecule has 2 atom stereocenters. The first kappa shape index (κ1) is 8.68. The number of alkyl halides is 1. The highest BCUT2D eigenvalue weighted by atomic mass is 19.1. The van der Waals surface area contributed by atoms with Crippen molar-refractivity contribution in [1.29, 1.82) is 0 Å². The summed E-state index contributed by atoms with van der Waals surface area (Å²) in [6.45, 7) is 0.931. The van der Waals surface area contributed by atoms with Crippen LogP contribution in [0.4, 0.5) is 4.39 Å². The fourth-order valence-electron chi connectivity index (χ4n) is 1.17. The van der Waals surface area contributed by atoms with E-state index in [2.05, 4.69) is 0 Å². The monoisotopic (exact) mass is 157 g/mol. The number of hydrogen-bond donors (Lipinski definition) is 1. The minimum Gasteiger partial charge on any atom is -0.337 e. The fourth-order valence-corrected chi connectivity index (χ4v) is 1.17. The molecule has 0 amide bonds. The number of carbonyl (C=O) groups excluding carboxylic acids is 1. The van der Waals surface area contributed by atoms with Crippen molar-refractivity contribution in [2.24, 2.45) is 5.73 Å². The number of halogens is 1. The van der Waals surface area contributed by atoms with Crippen LogP contribution in [0.5, 0.6) is 0 Å². The van der Waals surface area contributed by atoms with Crippen molar-refractivity contribution < 1.29 is 9.18 Å². The second-order valence-corrected chi connectivity index (χ2v) is 2.75. The summed E-state index contributed by atoms with van der Waals surface area (Å²) < 4.78 is 12.8. The molecule has 0 unspecified atom stereocenters. The van der Waals surface area contributed by atoms with Crippen molar-refractivity contribution in [3.63, 3.8) is 0 Å². The van der Waals surface area contributed by atoms with Gasteiger partial charge in [0, 0.05) is 12.6 Å². The predicted molar refractivity (Wildman–Crippen MR) is 41.6 cm³/mol. The number of carbonyl (C=O) groups is 1. The van der Waals surface area contributed by atoms with Crippen LogP contribution in [-0.2, 0) is 4.79 Å². The van der Waals surface area contributed by atoms with E-state index in [0.717, 1.165) is 0 Å². The molecule has 1 aliphatic rings. The lowest BCUT2D eigenvalue weighted by molar-refractivity contribution is 0.178. The van der Waals surface area contributed by atoms with E-state index in [1.807, 2.05) is 0 Å². The lowest BCUT2D eigenvalue weighted by Crippen LogP contribution is -2.49. The van der Waals surface area contributed by atoms with E-state index < -0.39 is 6.17 Å². The van der Waals surface area contributed by atoms with Gasteiger partial charge in [-0.2, -0.15) is 0 Å². The third-order valence-corrected chi connectivity index (χ3v) is 1.89. The summed E-state index contributed by atoms with van der Waals surface area (Å²) in [7, 11) is 1.36. The Labute approximate surface area is 66.0 Å². The first-order chi connectivity index (χ1) is 5.24. The highest BCUT2D eigenvalue weighted by Crippen LogP contribution is 2.10. The molecule has 1 heterocycles. The predicted octanol–water partition coefficient (Wildman–Crippen LogP) is -0.833. The first-order valence-corrected chi connectivity index (χ1v) is 3.66. The third kappa shape index (κ3) is 2.27. The summed E-state index contributed by atoms with van der Waals surface area (Å²) in [4.78, 5) is 11.7. The molecule has 5 heteroatoms. The molecular weight excluding hydrogens is 146 g/mol. The zero-order chi connectivity index (χ0) is 8.27. The van der Waals surface area contributed by atoms with E-state index in [9.17, 15) is 9.18 Å². The molecule has 1 radical (unpaired) electrons. The Morgan fingerprint density at radius 2 is 2.45 bits per heavy atom. The Hall–Kier alpha value is -0.415. The van der Waals surface area contributed by atoms with Crippen LogP contribution in [0.15, 0.2) is 0 Å². The van der Waals surface area contributed by atoms with Crippen LogP contribution in [-0.4, -0.2) is 43.7 Å². The molecule has 0 aliphatic carbocycles. The molecule has 2 N–H and O–H groups in total. The van der Waals surface area contributed by atoms with Gasteiger partial charge in [0.25, 0.3) is 7.41 Å². The van der Waals surface area contributed by atoms with Gasteiger partial charge in [0.2, 0.25) is 0 Å². The van der Waals surface area contributed by atoms with Crippen molar-refractivity contribution in [3.8, 4) is 0 Å². The van der Waals surface area contributed by atoms with E-state index >= 15 is 0 Å². The molecule has 1 rings (SSSR count). The van der Waals surface area contributed by atoms with Crippen molar-refractivity contribution >= 4 is 13.6 Å². The normalized spacial score (nSPS) is 33.3. The summed E-state index contributed by atoms with van der Waals surface area (Å²) in [5, 5.41) is 0. The molecule has 0 aromatic carbocycles. The molecular formula is C6H11BFN2O. The molecule has 0 aromatic heterocycles. The zero-order valence-electron chi connectivity index (χ0n) is 6.24. The molecule has 1 aliphatic heterocycles. The molecule has 0 bridgehead atoms. The van der Waals surface area contributed by atoms with E-state index in [1.165, 1.54) is 7.41 Å². The Kier molecular flexibility index (Phi) is 3.02. The van der Waals surface area contributed by atoms with Crippen LogP contribution in [0.2, 0.25) is 0 Å². The minimum absolute atomic E-state index is 0.250. The maximum Gasteiger partial charge on any atom is 0.293 e. The Bertz CT molecular complexity index is 147. The van der Waals surface area contributed by atoms with Gasteiger partial charge in [-0.3, -0.25) is 0 Å². The zero-order valence-corrected chi connectivity index (χ0v) is 6.24. The quantitative estimate of drug-likeness (QED) is 0.420. The summed E-state index contributed by atoms with van der Waals surface area (Å²) >= 11 is 0. The van der Waals surface area contributed by atoms with E-state index in [0.29, 0.717) is 19.2 Å². The third-order valence-electron chi connectivity index (χ3n) is 1.89. The number of nitrogens with zero attached hydrogens (tertiary/aromatic N) is 1. The topological polar surface area (TPSA) is 46.3 Å². The van der Waals surface area contributed by atoms with Crippen molar-refractivity contribution in [2.45, 2.75) is 18.6 Å². The van der Waals surface area contributed by atoms with Gasteiger partial charge in [-0.05, 0) is 13.0 Å². The largest absolute Gasteiger partial charge is 0.337 e. The Morgan fingerprint density at radius 3 is 3.00 bits per heavy atom. The highest BCUT2D eigenvalue weighted by Gasteiger charge is 2.25. The summed E-state index contributed by atoms with van der Waals surface area (Å²) in [6.07, 6.45) is 0.287. The van der Waals surface area contributed by atoms with E-state index in [-0.39, 0.29) is 12.6 Å². The van der Waals surface area contributed by atoms with E-state index in [4.69, 9.17) is 5.73 Å². The van der Waals surface area contributed by atoms with Gasteiger partial charge >= 0.3 is 0 Å². The van der Waals surface area contributed by atoms with Crippen LogP contribution in [0.1, 0.15) is 6.42 Å². The minimum atomic E-state index is -1.00. The van der Waals surface area contributed by atoms with Gasteiger partial charge in [0.05, 0.1) is 6.19 Å². The van der Waals surface area contributed by atoms with Crippen LogP contribution < -0.4 is 5.73 Å². The second-order valence-electron chi connectivity index (χ2n) is 2.75. The molecule has 0 spiro atoms. The molecule has 11 heavy (non-hydrogen) atoms. The maximum atomic E-state index is 12.8. The first-order valence-electron chi connectivity index (χ1n) is 3.66. The highest BCUT2D eigenvalue weighted by molar-refractivity contribution is 6.64. The van der Waals surface area contributed by atoms with Crippen LogP contribution in [0.3, 0.4) is 0 Å². The van der Waals surface area contributed by atoms with E-state index in [1.54, 1.807) is 4.81 Å². The second kappa shape index (κ2) is 3.83. The molecule has 1 saturated heterocycles. The molecule has 3 nitrogen and oxygen atoms in total. The number of hydrogen-bond acceptors (Lipinski definition) is 3. The summed E-state index contributed by atoms with van der Waals surface area (Å²) in [6, 6.07) is -0.355. The lowest BCUT2D eigenvalue weighted by atomic mass is 9.89. The summed E-state index contributed by atoms with van der Waals surface area (Å²) in [5.41, 5.74) is 5.43. The van der Waals surface area contributed by atoms with Crippen LogP contribution >= 0.6 is 0 Å². The SMILES string of the molecule is N[C@H]1CCN([B]C=O)C[C@H]1F. The molecule has 0 aromatic rings. The number of piperidine rings is 1. The average molecular weight is 157 g/mol. The average Bonchev–Trinajstić information content (AvgIpc) is 1.98. The van der Waals surface area contributed by atoms with Crippen LogP contribution in [0, 0.1) is 0 Å². The van der Waals surface area contributed by atoms with Gasteiger partial charge in [0.1, 0.15) is 6.17 Å². The lowest BCUT2D eigenvalue weighted by Gasteiger charge is -2.31. The number of rotatable bonds is 2. The molecule has 61 valence electrons. The smallest absolute Gasteiger partial charge is 0.293 e. The van der Waals surface area contributed by atoms with Crippen LogP contribution in [0.25, 0.3) is 0 Å². The Balaban J connectivity index is 2.33. The fraction of sp³-hybridized carbons (Fsp3) is 0.833. The van der Waals surface area contributed by atoms with Crippen molar-refractivity contribution in [3.05, 3.63) is 0 Å². The van der Waals surface area contributed by atoms with Crippen molar-refractivity contribution in [1.82, 2.24) is 4.81 Å². The summed E-state index contributed by atoms with van der Waals surface area (Å²) in [5.74, 6) is 0. The van der Waals surface area contributed by atoms with Gasteiger partial charge < -0.3 is 15.3 Å². The van der Waals surface area contributed by atoms with Gasteiger partial charge in [0.15, 0.2) is 0 Å².